The highest BCUT2D eigenvalue weighted by Gasteiger charge is 2.05. The highest BCUT2D eigenvalue weighted by molar-refractivity contribution is 6.32. The molecular weight excluding hydrogens is 140 g/mol. The second-order valence-corrected chi connectivity index (χ2v) is 2.00. The maximum absolute atomic E-state index is 10.6. The first-order chi connectivity index (χ1) is 4.22. The van der Waals surface area contributed by atoms with E-state index < -0.39 is 0 Å². The van der Waals surface area contributed by atoms with E-state index in [-0.39, 0.29) is 5.78 Å². The van der Waals surface area contributed by atoms with Crippen LogP contribution in [0.1, 0.15) is 17.4 Å². The van der Waals surface area contributed by atoms with Gasteiger partial charge in [-0.05, 0) is 0 Å². The summed E-state index contributed by atoms with van der Waals surface area (Å²) in [5.41, 5.74) is 0.302. The number of nitrogens with zero attached hydrogens (tertiary/aromatic N) is 1. The second-order valence-electron chi connectivity index (χ2n) is 1.62. The zero-order valence-corrected chi connectivity index (χ0v) is 5.57. The van der Waals surface area contributed by atoms with Crippen molar-refractivity contribution < 1.29 is 4.79 Å². The van der Waals surface area contributed by atoms with Crippen LogP contribution in [0.4, 0.5) is 0 Å². The van der Waals surface area contributed by atoms with Crippen LogP contribution < -0.4 is 0 Å². The lowest BCUT2D eigenvalue weighted by Gasteiger charge is -1.83. The fourth-order valence-corrected chi connectivity index (χ4v) is 0.755. The summed E-state index contributed by atoms with van der Waals surface area (Å²) in [7, 11) is 0. The van der Waals surface area contributed by atoms with E-state index in [1.807, 2.05) is 0 Å². The van der Waals surface area contributed by atoms with Crippen molar-refractivity contribution in [3.63, 3.8) is 0 Å². The smallest absolute Gasteiger partial charge is 0.181 e. The van der Waals surface area contributed by atoms with Gasteiger partial charge in [0.15, 0.2) is 5.78 Å². The summed E-state index contributed by atoms with van der Waals surface area (Å²) in [4.78, 5) is 16.8. The van der Waals surface area contributed by atoms with E-state index in [0.717, 1.165) is 0 Å². The third-order valence-electron chi connectivity index (χ3n) is 0.926. The molecule has 1 rings (SSSR count). The van der Waals surface area contributed by atoms with Gasteiger partial charge in [0.2, 0.25) is 0 Å². The third-order valence-corrected chi connectivity index (χ3v) is 1.21. The van der Waals surface area contributed by atoms with Crippen LogP contribution in [0, 0.1) is 0 Å². The summed E-state index contributed by atoms with van der Waals surface area (Å²) < 4.78 is 0. The first-order valence-electron chi connectivity index (χ1n) is 2.41. The minimum atomic E-state index is -0.124. The zero-order valence-electron chi connectivity index (χ0n) is 4.81. The first kappa shape index (κ1) is 6.29. The van der Waals surface area contributed by atoms with E-state index in [1.54, 1.807) is 0 Å². The van der Waals surface area contributed by atoms with Gasteiger partial charge >= 0.3 is 0 Å². The van der Waals surface area contributed by atoms with Gasteiger partial charge in [0.25, 0.3) is 0 Å². The van der Waals surface area contributed by atoms with Crippen LogP contribution >= 0.6 is 11.6 Å². The highest BCUT2D eigenvalue weighted by Crippen LogP contribution is 2.08. The minimum Gasteiger partial charge on any atom is -0.335 e. The number of rotatable bonds is 1. The fourth-order valence-electron chi connectivity index (χ4n) is 0.524. The maximum atomic E-state index is 10.6. The molecule has 0 aromatic carbocycles. The van der Waals surface area contributed by atoms with Crippen LogP contribution in [-0.2, 0) is 0 Å². The molecule has 0 fully saturated rings. The molecule has 0 unspecified atom stereocenters. The molecule has 0 amide bonds. The van der Waals surface area contributed by atoms with Gasteiger partial charge < -0.3 is 4.98 Å². The van der Waals surface area contributed by atoms with Crippen molar-refractivity contribution in [2.75, 3.05) is 0 Å². The van der Waals surface area contributed by atoms with E-state index in [4.69, 9.17) is 11.6 Å². The Morgan fingerprint density at radius 2 is 2.56 bits per heavy atom. The summed E-state index contributed by atoms with van der Waals surface area (Å²) in [6.07, 6.45) is 1.39. The Kier molecular flexibility index (Phi) is 1.53. The number of ketones is 1. The predicted octanol–water partition coefficient (Wildman–Crippen LogP) is 1.27. The molecule has 0 aliphatic heterocycles. The molecule has 0 spiro atoms. The quantitative estimate of drug-likeness (QED) is 0.604. The van der Waals surface area contributed by atoms with Crippen LogP contribution in [0.5, 0.6) is 0 Å². The van der Waals surface area contributed by atoms with Crippen molar-refractivity contribution >= 4 is 17.4 Å². The molecule has 0 radical (unpaired) electrons. The number of hydrogen-bond acceptors (Lipinski definition) is 2. The Morgan fingerprint density at radius 3 is 2.78 bits per heavy atom. The average molecular weight is 145 g/mol. The Hall–Kier alpha value is -0.830. The van der Waals surface area contributed by atoms with Crippen LogP contribution in [0.2, 0.25) is 5.15 Å². The van der Waals surface area contributed by atoms with Crippen molar-refractivity contribution in [1.29, 1.82) is 0 Å². The number of nitrogens with one attached hydrogen (secondary N) is 1. The monoisotopic (exact) mass is 144 g/mol. The van der Waals surface area contributed by atoms with Gasteiger partial charge in [0.1, 0.15) is 10.8 Å². The molecule has 0 aliphatic carbocycles. The first-order valence-corrected chi connectivity index (χ1v) is 2.79. The standard InChI is InChI=1S/C5H5ClN2O/c1-3(9)4-5(6)8-2-7-4/h2H,1H3,(H,7,8). The van der Waals surface area contributed by atoms with Crippen molar-refractivity contribution in [3.05, 3.63) is 17.2 Å². The fraction of sp³-hybridized carbons (Fsp3) is 0.200. The summed E-state index contributed by atoms with van der Waals surface area (Å²) in [5.74, 6) is -0.124. The van der Waals surface area contributed by atoms with Gasteiger partial charge in [-0.2, -0.15) is 0 Å². The summed E-state index contributed by atoms with van der Waals surface area (Å²) in [5, 5.41) is 0.308. The molecule has 0 aliphatic rings. The average Bonchev–Trinajstić information content (AvgIpc) is 2.13. The molecule has 9 heavy (non-hydrogen) atoms. The van der Waals surface area contributed by atoms with E-state index in [2.05, 4.69) is 9.97 Å². The molecule has 0 bridgehead atoms. The number of H-pyrrole nitrogens is 1. The van der Waals surface area contributed by atoms with Crippen LogP contribution in [0.15, 0.2) is 6.33 Å². The van der Waals surface area contributed by atoms with Crippen LogP contribution in [-0.4, -0.2) is 15.8 Å². The number of aromatic amines is 1. The molecule has 1 aromatic rings. The number of hydrogen-bond donors (Lipinski definition) is 1. The number of aromatic nitrogens is 2. The van der Waals surface area contributed by atoms with Crippen molar-refractivity contribution in [3.8, 4) is 0 Å². The molecule has 0 saturated carbocycles. The molecule has 1 N–H and O–H groups in total. The Morgan fingerprint density at radius 1 is 1.89 bits per heavy atom. The Balaban J connectivity index is 3.08. The molecule has 4 heteroatoms. The van der Waals surface area contributed by atoms with Gasteiger partial charge in [-0.25, -0.2) is 4.98 Å². The summed E-state index contributed by atoms with van der Waals surface area (Å²) in [6.45, 7) is 1.42. The molecule has 0 saturated heterocycles. The van der Waals surface area contributed by atoms with E-state index in [1.165, 1.54) is 13.3 Å². The zero-order chi connectivity index (χ0) is 6.85. The number of carbonyl (C=O) groups excluding carboxylic acids is 1. The molecule has 1 aromatic heterocycles. The maximum Gasteiger partial charge on any atom is 0.181 e. The number of halogens is 1. The number of Topliss-reactive ketones (excluding diaryl/α,β-unsaturated/α-hetero) is 1. The SMILES string of the molecule is CC(=O)c1nc[nH]c1Cl. The van der Waals surface area contributed by atoms with E-state index >= 15 is 0 Å². The lowest BCUT2D eigenvalue weighted by atomic mass is 10.3. The van der Waals surface area contributed by atoms with Gasteiger partial charge in [-0.15, -0.1) is 0 Å². The molecule has 0 atom stereocenters. The van der Waals surface area contributed by atoms with Gasteiger partial charge in [-0.3, -0.25) is 4.79 Å². The number of carbonyl (C=O) groups is 1. The lowest BCUT2D eigenvalue weighted by molar-refractivity contribution is 0.101. The van der Waals surface area contributed by atoms with Gasteiger partial charge in [0.05, 0.1) is 6.33 Å². The van der Waals surface area contributed by atoms with Crippen LogP contribution in [0.3, 0.4) is 0 Å². The summed E-state index contributed by atoms with van der Waals surface area (Å²) >= 11 is 5.50. The second kappa shape index (κ2) is 2.19. The number of imidazole rings is 1. The van der Waals surface area contributed by atoms with Crippen molar-refractivity contribution in [2.24, 2.45) is 0 Å². The highest BCUT2D eigenvalue weighted by atomic mass is 35.5. The third kappa shape index (κ3) is 1.10. The van der Waals surface area contributed by atoms with Gasteiger partial charge in [-0.1, -0.05) is 11.6 Å². The van der Waals surface area contributed by atoms with Crippen molar-refractivity contribution in [1.82, 2.24) is 9.97 Å². The predicted molar refractivity (Wildman–Crippen MR) is 33.6 cm³/mol. The van der Waals surface area contributed by atoms with Crippen LogP contribution in [0.25, 0.3) is 0 Å². The van der Waals surface area contributed by atoms with Gasteiger partial charge in [0, 0.05) is 6.92 Å². The Labute approximate surface area is 57.1 Å². The van der Waals surface area contributed by atoms with E-state index in [0.29, 0.717) is 10.8 Å². The van der Waals surface area contributed by atoms with Crippen molar-refractivity contribution in [2.45, 2.75) is 6.92 Å². The van der Waals surface area contributed by atoms with E-state index in [9.17, 15) is 4.79 Å². The topological polar surface area (TPSA) is 45.8 Å². The normalized spacial score (nSPS) is 9.56. The molecular formula is C5H5ClN2O. The minimum absolute atomic E-state index is 0.124. The largest absolute Gasteiger partial charge is 0.335 e. The molecule has 1 heterocycles. The molecule has 3 nitrogen and oxygen atoms in total. The Bertz CT molecular complexity index is 231. The summed E-state index contributed by atoms with van der Waals surface area (Å²) in [6, 6.07) is 0. The molecule has 48 valence electrons. The lowest BCUT2D eigenvalue weighted by Crippen LogP contribution is -1.91.